The van der Waals surface area contributed by atoms with Gasteiger partial charge < -0.3 is 39.8 Å². The van der Waals surface area contributed by atoms with Crippen LogP contribution in [0.25, 0.3) is 16.6 Å². The molecule has 0 saturated carbocycles. The van der Waals surface area contributed by atoms with Crippen molar-refractivity contribution in [1.29, 1.82) is 0 Å². The number of alkyl halides is 3. The second kappa shape index (κ2) is 29.5. The monoisotopic (exact) mass is 847 g/mol. The van der Waals surface area contributed by atoms with E-state index in [1.165, 1.54) is 6.07 Å². The van der Waals surface area contributed by atoms with Crippen LogP contribution < -0.4 is 66.9 Å². The number of rotatable bonds is 25. The van der Waals surface area contributed by atoms with Crippen LogP contribution >= 0.6 is 0 Å². The molecule has 1 heterocycles. The molecule has 12 nitrogen and oxygen atoms in total. The molecule has 0 aliphatic rings. The Morgan fingerprint density at radius 2 is 1.51 bits per heavy atom. The van der Waals surface area contributed by atoms with Gasteiger partial charge in [-0.1, -0.05) is 50.2 Å². The quantitative estimate of drug-likeness (QED) is 0.0526. The summed E-state index contributed by atoms with van der Waals surface area (Å²) in [6, 6.07) is 21.7. The fourth-order valence-corrected chi connectivity index (χ4v) is 5.57. The molecule has 0 aliphatic heterocycles. The fourth-order valence-electron chi connectivity index (χ4n) is 5.57. The van der Waals surface area contributed by atoms with Crippen LogP contribution in [-0.4, -0.2) is 96.6 Å². The molecular weight excluding hydrogens is 795 g/mol. The maximum absolute atomic E-state index is 13.4. The molecule has 0 radical (unpaired) electrons. The molecule has 0 atom stereocenters. The maximum Gasteiger partial charge on any atom is 1.00 e. The number of amides is 1. The third-order valence-electron chi connectivity index (χ3n) is 8.23. The van der Waals surface area contributed by atoms with Crippen LogP contribution in [-0.2, 0) is 36.5 Å². The Bertz CT molecular complexity index is 1830. The number of carbonyl (C=O) groups is 3. The molecule has 0 unspecified atom stereocenters. The van der Waals surface area contributed by atoms with E-state index >= 15 is 0 Å². The number of hydrogen-bond donors (Lipinski definition) is 2. The van der Waals surface area contributed by atoms with E-state index in [4.69, 9.17) is 14.2 Å². The van der Waals surface area contributed by atoms with Gasteiger partial charge in [-0.15, -0.1) is 12.2 Å². The van der Waals surface area contributed by atoms with Gasteiger partial charge in [0.05, 0.1) is 50.0 Å². The zero-order valence-corrected chi connectivity index (χ0v) is 37.4. The van der Waals surface area contributed by atoms with Gasteiger partial charge in [-0.05, 0) is 67.9 Å². The largest absolute Gasteiger partial charge is 1.00 e. The number of halogens is 3. The standard InChI is InChI=1S/C34H43N4O7.C9H10F3N.K/c1-3-13-38(14-4-2)30-8-9-32(31(24-30)33-22-27(25-39)10-11-36-33)37-34(41)28-6-5-7-29(23-28)35-12-15-42-16-17-43-18-19-44-20-21-45-26-40;1-13-6-7-3-2-4-8(5-7)9(10,11)12;/h5-11,22-26H,3-4,12-21H2,1-2H3,(H,36,37,41);2-5,13H,6H2,1H3;/q-1;;+1. The number of nitrogens with one attached hydrogen (secondary N) is 2. The minimum atomic E-state index is -4.25. The summed E-state index contributed by atoms with van der Waals surface area (Å²) < 4.78 is 57.3. The Labute approximate surface area is 387 Å². The molecule has 16 heteroatoms. The molecule has 4 rings (SSSR count). The van der Waals surface area contributed by atoms with Crippen molar-refractivity contribution >= 4 is 35.7 Å². The summed E-state index contributed by atoms with van der Waals surface area (Å²) in [7, 11) is 1.69. The molecule has 314 valence electrons. The van der Waals surface area contributed by atoms with Gasteiger partial charge in [-0.2, -0.15) is 13.2 Å². The summed E-state index contributed by atoms with van der Waals surface area (Å²) in [6.45, 7) is 10.0. The van der Waals surface area contributed by atoms with Crippen molar-refractivity contribution < 1.29 is 97.9 Å². The number of anilines is 2. The van der Waals surface area contributed by atoms with Crippen LogP contribution in [0.4, 0.5) is 30.2 Å². The van der Waals surface area contributed by atoms with Gasteiger partial charge in [0.2, 0.25) is 0 Å². The summed E-state index contributed by atoms with van der Waals surface area (Å²) in [6.07, 6.45) is 0.154. The van der Waals surface area contributed by atoms with Crippen LogP contribution in [0.2, 0.25) is 0 Å². The number of pyridine rings is 1. The zero-order chi connectivity index (χ0) is 42.0. The Morgan fingerprint density at radius 1 is 0.831 bits per heavy atom. The van der Waals surface area contributed by atoms with Gasteiger partial charge >= 0.3 is 57.6 Å². The van der Waals surface area contributed by atoms with Gasteiger partial charge in [-0.3, -0.25) is 19.4 Å². The van der Waals surface area contributed by atoms with Crippen molar-refractivity contribution in [2.24, 2.45) is 0 Å². The minimum absolute atomic E-state index is 0. The predicted molar refractivity (Wildman–Crippen MR) is 219 cm³/mol. The smallest absolute Gasteiger partial charge is 0.683 e. The average molecular weight is 848 g/mol. The van der Waals surface area contributed by atoms with E-state index in [1.807, 2.05) is 24.3 Å². The summed E-state index contributed by atoms with van der Waals surface area (Å²) in [5.74, 6) is -0.278. The molecule has 3 aromatic carbocycles. The molecule has 0 spiro atoms. The van der Waals surface area contributed by atoms with E-state index in [9.17, 15) is 27.6 Å². The van der Waals surface area contributed by atoms with E-state index in [2.05, 4.69) is 44.4 Å². The van der Waals surface area contributed by atoms with E-state index < -0.39 is 11.7 Å². The second-order valence-corrected chi connectivity index (χ2v) is 12.7. The number of nitrogens with zero attached hydrogens (tertiary/aromatic N) is 3. The molecule has 1 amide bonds. The number of ether oxygens (including phenoxy) is 4. The summed E-state index contributed by atoms with van der Waals surface area (Å²) in [5, 5.41) is 10.4. The molecule has 59 heavy (non-hydrogen) atoms. The number of aromatic nitrogens is 1. The Balaban J connectivity index is 0.000000728. The number of carbonyl (C=O) groups excluding carboxylic acids is 3. The molecule has 2 N–H and O–H groups in total. The van der Waals surface area contributed by atoms with Gasteiger partial charge in [0.15, 0.2) is 0 Å². The van der Waals surface area contributed by atoms with E-state index in [-0.39, 0.29) is 63.9 Å². The third-order valence-corrected chi connectivity index (χ3v) is 8.23. The zero-order valence-electron chi connectivity index (χ0n) is 34.3. The van der Waals surface area contributed by atoms with E-state index in [1.54, 1.807) is 49.6 Å². The van der Waals surface area contributed by atoms with Crippen LogP contribution in [0.3, 0.4) is 0 Å². The molecule has 0 fully saturated rings. The van der Waals surface area contributed by atoms with Crippen LogP contribution in [0, 0.1) is 0 Å². The van der Waals surface area contributed by atoms with Gasteiger partial charge in [0, 0.05) is 54.8 Å². The first-order valence-electron chi connectivity index (χ1n) is 19.1. The summed E-state index contributed by atoms with van der Waals surface area (Å²) in [5.41, 5.74) is 4.66. The molecule has 0 bridgehead atoms. The predicted octanol–water partition coefficient (Wildman–Crippen LogP) is 5.10. The fraction of sp³-hybridized carbons (Fsp3) is 0.395. The van der Waals surface area contributed by atoms with Crippen molar-refractivity contribution in [2.75, 3.05) is 83.1 Å². The van der Waals surface area contributed by atoms with E-state index in [0.29, 0.717) is 93.0 Å². The molecule has 1 aromatic heterocycles. The molecule has 0 aliphatic carbocycles. The van der Waals surface area contributed by atoms with Gasteiger partial charge in [0.1, 0.15) is 12.9 Å². The Morgan fingerprint density at radius 3 is 2.15 bits per heavy atom. The Kier molecular flexibility index (Phi) is 25.7. The SMILES string of the molecule is CCCN(CCC)c1ccc(NC(=O)c2cccc([N-]CCOCCOCCOCCOC=O)c2)c(-c2cc(C=O)ccn2)c1.CNCc1cccc(C(F)(F)F)c1.[K+]. The molecule has 4 aromatic rings. The summed E-state index contributed by atoms with van der Waals surface area (Å²) >= 11 is 0. The van der Waals surface area contributed by atoms with Crippen molar-refractivity contribution in [1.82, 2.24) is 10.3 Å². The minimum Gasteiger partial charge on any atom is -0.683 e. The summed E-state index contributed by atoms with van der Waals surface area (Å²) in [4.78, 5) is 41.7. The molecular formula is C43H53F3KN5O7. The van der Waals surface area contributed by atoms with Crippen LogP contribution in [0.1, 0.15) is 58.5 Å². The second-order valence-electron chi connectivity index (χ2n) is 12.7. The first-order valence-corrected chi connectivity index (χ1v) is 19.1. The number of benzene rings is 3. The van der Waals surface area contributed by atoms with Crippen LogP contribution in [0.5, 0.6) is 0 Å². The normalized spacial score (nSPS) is 10.7. The topological polar surface area (TPSA) is 142 Å². The molecule has 0 saturated heterocycles. The van der Waals surface area contributed by atoms with Crippen molar-refractivity contribution in [3.63, 3.8) is 0 Å². The van der Waals surface area contributed by atoms with Crippen molar-refractivity contribution in [2.45, 2.75) is 39.4 Å². The first kappa shape index (κ1) is 51.4. The third kappa shape index (κ3) is 19.5. The number of hydrogen-bond acceptors (Lipinski definition) is 10. The van der Waals surface area contributed by atoms with Gasteiger partial charge in [-0.25, -0.2) is 0 Å². The average Bonchev–Trinajstić information content (AvgIpc) is 3.23. The van der Waals surface area contributed by atoms with Crippen LogP contribution in [0.15, 0.2) is 85.1 Å². The van der Waals surface area contributed by atoms with Gasteiger partial charge in [0.25, 0.3) is 12.4 Å². The van der Waals surface area contributed by atoms with E-state index in [0.717, 1.165) is 55.6 Å². The Hall–Kier alpha value is -3.71. The van der Waals surface area contributed by atoms with Crippen molar-refractivity contribution in [3.8, 4) is 11.3 Å². The number of aldehydes is 1. The maximum atomic E-state index is 13.4. The van der Waals surface area contributed by atoms with Crippen molar-refractivity contribution in [3.05, 3.63) is 113 Å². The first-order chi connectivity index (χ1) is 28.1.